The summed E-state index contributed by atoms with van der Waals surface area (Å²) in [5, 5.41) is 7.33. The number of hydrogen-bond donors (Lipinski definition) is 2. The third kappa shape index (κ3) is 6.24. The molecule has 7 heteroatoms. The van der Waals surface area contributed by atoms with E-state index in [0.717, 1.165) is 0 Å². The van der Waals surface area contributed by atoms with E-state index in [1.807, 2.05) is 13.8 Å². The van der Waals surface area contributed by atoms with Crippen molar-refractivity contribution in [2.24, 2.45) is 5.73 Å². The number of benzene rings is 1. The first-order valence-corrected chi connectivity index (χ1v) is 8.34. The van der Waals surface area contributed by atoms with Crippen LogP contribution in [-0.2, 0) is 19.3 Å². The smallest absolute Gasteiger partial charge is 0.180 e. The number of nitrogen functional groups attached to an aromatic ring is 1. The van der Waals surface area contributed by atoms with Crippen LogP contribution in [0, 0.1) is 5.41 Å². The third-order valence-electron chi connectivity index (χ3n) is 2.68. The van der Waals surface area contributed by atoms with Gasteiger partial charge in [-0.2, -0.15) is 0 Å². The van der Waals surface area contributed by atoms with Gasteiger partial charge in [0.15, 0.2) is 9.84 Å². The van der Waals surface area contributed by atoms with Crippen molar-refractivity contribution in [3.05, 3.63) is 29.8 Å². The molecule has 0 amide bonds. The fourth-order valence-corrected chi connectivity index (χ4v) is 2.75. The van der Waals surface area contributed by atoms with Crippen molar-refractivity contribution in [1.82, 2.24) is 0 Å². The van der Waals surface area contributed by atoms with Crippen molar-refractivity contribution in [2.75, 3.05) is 25.6 Å². The van der Waals surface area contributed by atoms with E-state index >= 15 is 0 Å². The Morgan fingerprint density at radius 2 is 2.00 bits per heavy atom. The molecule has 0 spiro atoms. The van der Waals surface area contributed by atoms with Gasteiger partial charge in [-0.05, 0) is 26.0 Å². The summed E-state index contributed by atoms with van der Waals surface area (Å²) >= 11 is 0. The highest BCUT2D eigenvalue weighted by atomic mass is 32.2. The van der Waals surface area contributed by atoms with Crippen LogP contribution in [0.3, 0.4) is 0 Å². The number of ether oxygens (including phenoxy) is 2. The summed E-state index contributed by atoms with van der Waals surface area (Å²) in [6, 6.07) is 6.06. The van der Waals surface area contributed by atoms with E-state index in [1.165, 1.54) is 12.1 Å². The average molecular weight is 314 g/mol. The topological polar surface area (TPSA) is 102 Å². The minimum atomic E-state index is -3.44. The zero-order valence-corrected chi connectivity index (χ0v) is 13.2. The summed E-state index contributed by atoms with van der Waals surface area (Å²) in [4.78, 5) is 0.150. The van der Waals surface area contributed by atoms with E-state index in [2.05, 4.69) is 0 Å². The van der Waals surface area contributed by atoms with Gasteiger partial charge in [0, 0.05) is 5.56 Å². The summed E-state index contributed by atoms with van der Waals surface area (Å²) in [5.74, 6) is -0.273. The van der Waals surface area contributed by atoms with Gasteiger partial charge in [0.2, 0.25) is 0 Å². The van der Waals surface area contributed by atoms with Gasteiger partial charge in [-0.1, -0.05) is 12.1 Å². The number of hydrogen-bond acceptors (Lipinski definition) is 5. The third-order valence-corrected chi connectivity index (χ3v) is 4.36. The van der Waals surface area contributed by atoms with Crippen LogP contribution >= 0.6 is 0 Å². The Hall–Kier alpha value is -1.44. The second kappa shape index (κ2) is 8.11. The first-order chi connectivity index (χ1) is 9.83. The molecule has 0 radical (unpaired) electrons. The Morgan fingerprint density at radius 1 is 1.29 bits per heavy atom. The number of nitrogens with one attached hydrogen (secondary N) is 1. The van der Waals surface area contributed by atoms with Crippen LogP contribution in [-0.4, -0.2) is 45.9 Å². The minimum absolute atomic E-state index is 0.105. The fraction of sp³-hybridized carbons (Fsp3) is 0.500. The first kappa shape index (κ1) is 17.6. The van der Waals surface area contributed by atoms with E-state index in [1.54, 1.807) is 12.1 Å². The number of sulfone groups is 1. The number of amidine groups is 1. The zero-order valence-electron chi connectivity index (χ0n) is 12.3. The van der Waals surface area contributed by atoms with E-state index < -0.39 is 9.84 Å². The summed E-state index contributed by atoms with van der Waals surface area (Å²) in [6.45, 7) is 4.76. The first-order valence-electron chi connectivity index (χ1n) is 6.69. The largest absolute Gasteiger partial charge is 0.384 e. The molecule has 6 nitrogen and oxygen atoms in total. The monoisotopic (exact) mass is 314 g/mol. The highest BCUT2D eigenvalue weighted by Crippen LogP contribution is 2.13. The molecule has 21 heavy (non-hydrogen) atoms. The Bertz CT molecular complexity index is 570. The summed E-state index contributed by atoms with van der Waals surface area (Å²) in [6.07, 6.45) is 0.131. The van der Waals surface area contributed by atoms with E-state index in [0.29, 0.717) is 18.8 Å². The van der Waals surface area contributed by atoms with Crippen LogP contribution in [0.15, 0.2) is 29.2 Å². The van der Waals surface area contributed by atoms with Crippen molar-refractivity contribution in [3.63, 3.8) is 0 Å². The molecule has 3 N–H and O–H groups in total. The lowest BCUT2D eigenvalue weighted by Gasteiger charge is -2.09. The van der Waals surface area contributed by atoms with Gasteiger partial charge in [0.1, 0.15) is 5.84 Å². The van der Waals surface area contributed by atoms with Gasteiger partial charge in [0.25, 0.3) is 0 Å². The second-order valence-corrected chi connectivity index (χ2v) is 6.90. The molecule has 0 unspecified atom stereocenters. The Labute approximate surface area is 125 Å². The molecule has 1 aromatic rings. The van der Waals surface area contributed by atoms with Crippen molar-refractivity contribution in [1.29, 1.82) is 5.41 Å². The SMILES string of the molecule is CC(C)OCCOCCS(=O)(=O)c1cccc(C(=N)N)c1. The molecule has 0 aliphatic carbocycles. The van der Waals surface area contributed by atoms with E-state index in [4.69, 9.17) is 20.6 Å². The molecule has 0 bridgehead atoms. The van der Waals surface area contributed by atoms with Crippen LogP contribution in [0.5, 0.6) is 0 Å². The second-order valence-electron chi connectivity index (χ2n) is 4.79. The van der Waals surface area contributed by atoms with Gasteiger partial charge >= 0.3 is 0 Å². The molecule has 0 atom stereocenters. The van der Waals surface area contributed by atoms with Crippen molar-refractivity contribution in [3.8, 4) is 0 Å². The lowest BCUT2D eigenvalue weighted by Crippen LogP contribution is -2.17. The minimum Gasteiger partial charge on any atom is -0.384 e. The molecule has 0 fully saturated rings. The lowest BCUT2D eigenvalue weighted by molar-refractivity contribution is 0.0235. The Balaban J connectivity index is 2.50. The maximum Gasteiger partial charge on any atom is 0.180 e. The van der Waals surface area contributed by atoms with Crippen molar-refractivity contribution < 1.29 is 17.9 Å². The highest BCUT2D eigenvalue weighted by molar-refractivity contribution is 7.91. The van der Waals surface area contributed by atoms with Gasteiger partial charge in [-0.25, -0.2) is 8.42 Å². The summed E-state index contributed by atoms with van der Waals surface area (Å²) in [5.41, 5.74) is 5.75. The number of rotatable bonds is 9. The summed E-state index contributed by atoms with van der Waals surface area (Å²) in [7, 11) is -3.44. The van der Waals surface area contributed by atoms with Crippen LogP contribution in [0.2, 0.25) is 0 Å². The molecule has 0 aliphatic heterocycles. The quantitative estimate of drug-likeness (QED) is 0.405. The van der Waals surface area contributed by atoms with Crippen LogP contribution < -0.4 is 5.73 Å². The van der Waals surface area contributed by atoms with E-state index in [9.17, 15) is 8.42 Å². The normalized spacial score (nSPS) is 11.8. The molecular formula is C14H22N2O4S. The average Bonchev–Trinajstić information content (AvgIpc) is 2.42. The van der Waals surface area contributed by atoms with E-state index in [-0.39, 0.29) is 29.2 Å². The predicted molar refractivity (Wildman–Crippen MR) is 81.4 cm³/mol. The molecule has 0 saturated carbocycles. The zero-order chi connectivity index (χ0) is 15.9. The van der Waals surface area contributed by atoms with Gasteiger partial charge in [0.05, 0.1) is 36.6 Å². The summed E-state index contributed by atoms with van der Waals surface area (Å²) < 4.78 is 34.8. The van der Waals surface area contributed by atoms with Gasteiger partial charge in [-0.15, -0.1) is 0 Å². The molecule has 0 saturated heterocycles. The lowest BCUT2D eigenvalue weighted by atomic mass is 10.2. The Morgan fingerprint density at radius 3 is 2.62 bits per heavy atom. The van der Waals surface area contributed by atoms with Crippen molar-refractivity contribution in [2.45, 2.75) is 24.8 Å². The molecule has 118 valence electrons. The molecular weight excluding hydrogens is 292 g/mol. The maximum absolute atomic E-state index is 12.1. The van der Waals surface area contributed by atoms with Crippen molar-refractivity contribution >= 4 is 15.7 Å². The maximum atomic E-state index is 12.1. The van der Waals surface area contributed by atoms with Crippen LogP contribution in [0.25, 0.3) is 0 Å². The molecule has 0 heterocycles. The highest BCUT2D eigenvalue weighted by Gasteiger charge is 2.15. The van der Waals surface area contributed by atoms with Crippen LogP contribution in [0.4, 0.5) is 0 Å². The standard InChI is InChI=1S/C14H22N2O4S/c1-11(2)20-7-6-19-8-9-21(17,18)13-5-3-4-12(10-13)14(15)16/h3-5,10-11H,6-9H2,1-2H3,(H3,15,16). The molecule has 0 aliphatic rings. The predicted octanol–water partition coefficient (Wildman–Crippen LogP) is 1.19. The van der Waals surface area contributed by atoms with Gasteiger partial charge < -0.3 is 15.2 Å². The Kier molecular flexibility index (Phi) is 6.80. The fourth-order valence-electron chi connectivity index (χ4n) is 1.59. The number of nitrogens with two attached hydrogens (primary N) is 1. The van der Waals surface area contributed by atoms with Gasteiger partial charge in [-0.3, -0.25) is 5.41 Å². The van der Waals surface area contributed by atoms with Crippen LogP contribution in [0.1, 0.15) is 19.4 Å². The molecule has 1 aromatic carbocycles. The molecule has 1 rings (SSSR count). The molecule has 0 aromatic heterocycles.